The Balaban J connectivity index is 2.23. The molecule has 0 radical (unpaired) electrons. The van der Waals surface area contributed by atoms with E-state index in [4.69, 9.17) is 10.9 Å². The first-order valence-electron chi connectivity index (χ1n) is 6.15. The summed E-state index contributed by atoms with van der Waals surface area (Å²) in [5.41, 5.74) is 5.36. The lowest BCUT2D eigenvalue weighted by atomic mass is 9.96. The molecule has 6 nitrogen and oxygen atoms in total. The number of nitrogens with zero attached hydrogens (tertiary/aromatic N) is 1. The van der Waals surface area contributed by atoms with E-state index in [1.165, 1.54) is 19.3 Å². The molecule has 1 saturated carbocycles. The summed E-state index contributed by atoms with van der Waals surface area (Å²) in [6, 6.07) is -0.0237. The lowest BCUT2D eigenvalue weighted by Gasteiger charge is -2.24. The van der Waals surface area contributed by atoms with Crippen molar-refractivity contribution >= 4 is 11.9 Å². The number of amidine groups is 1. The molecule has 98 valence electrons. The lowest BCUT2D eigenvalue weighted by Crippen LogP contribution is -2.46. The fraction of sp³-hybridized carbons (Fsp3) is 0.818. The number of hydrogen-bond acceptors (Lipinski definition) is 3. The summed E-state index contributed by atoms with van der Waals surface area (Å²) < 4.78 is 0. The molecule has 1 rings (SSSR count). The average molecular weight is 242 g/mol. The standard InChI is InChI=1S/C11H22N4O2/c1-8(7-10(12)15-17)13-11(16)14-9-5-3-2-4-6-9/h8-9,17H,2-7H2,1H3,(H2,12,15)(H2,13,14,16). The van der Waals surface area contributed by atoms with Gasteiger partial charge in [-0.05, 0) is 19.8 Å². The molecule has 5 N–H and O–H groups in total. The Morgan fingerprint density at radius 2 is 2.12 bits per heavy atom. The van der Waals surface area contributed by atoms with Crippen molar-refractivity contribution in [2.75, 3.05) is 0 Å². The molecule has 1 atom stereocenters. The van der Waals surface area contributed by atoms with Gasteiger partial charge in [-0.3, -0.25) is 0 Å². The van der Waals surface area contributed by atoms with Gasteiger partial charge in [0.15, 0.2) is 0 Å². The number of hydrogen-bond donors (Lipinski definition) is 4. The average Bonchev–Trinajstić information content (AvgIpc) is 2.29. The number of nitrogens with two attached hydrogens (primary N) is 1. The molecule has 0 bridgehead atoms. The van der Waals surface area contributed by atoms with Gasteiger partial charge >= 0.3 is 6.03 Å². The van der Waals surface area contributed by atoms with Gasteiger partial charge in [0, 0.05) is 18.5 Å². The molecule has 6 heteroatoms. The summed E-state index contributed by atoms with van der Waals surface area (Å²) >= 11 is 0. The molecule has 2 amide bonds. The highest BCUT2D eigenvalue weighted by Gasteiger charge is 2.16. The summed E-state index contributed by atoms with van der Waals surface area (Å²) in [6.07, 6.45) is 6.09. The Bertz CT molecular complexity index is 275. The van der Waals surface area contributed by atoms with Gasteiger partial charge in [-0.2, -0.15) is 0 Å². The van der Waals surface area contributed by atoms with Crippen molar-refractivity contribution in [2.45, 2.75) is 57.5 Å². The van der Waals surface area contributed by atoms with Crippen LogP contribution in [-0.2, 0) is 0 Å². The maximum Gasteiger partial charge on any atom is 0.315 e. The highest BCUT2D eigenvalue weighted by molar-refractivity contribution is 5.81. The first-order valence-corrected chi connectivity index (χ1v) is 6.15. The van der Waals surface area contributed by atoms with E-state index in [2.05, 4.69) is 15.8 Å². The van der Waals surface area contributed by atoms with Crippen LogP contribution in [0.1, 0.15) is 45.4 Å². The molecule has 0 spiro atoms. The van der Waals surface area contributed by atoms with E-state index in [1.54, 1.807) is 0 Å². The van der Waals surface area contributed by atoms with E-state index in [-0.39, 0.29) is 17.9 Å². The largest absolute Gasteiger partial charge is 0.409 e. The third-order valence-electron chi connectivity index (χ3n) is 2.96. The smallest absolute Gasteiger partial charge is 0.315 e. The quantitative estimate of drug-likeness (QED) is 0.257. The third-order valence-corrected chi connectivity index (χ3v) is 2.96. The second-order valence-electron chi connectivity index (χ2n) is 4.65. The van der Waals surface area contributed by atoms with Crippen molar-refractivity contribution in [1.82, 2.24) is 10.6 Å². The SMILES string of the molecule is CC(CC(N)=NO)NC(=O)NC1CCCCC1. The molecule has 0 heterocycles. The van der Waals surface area contributed by atoms with Crippen molar-refractivity contribution in [3.05, 3.63) is 0 Å². The van der Waals surface area contributed by atoms with E-state index in [9.17, 15) is 4.79 Å². The first-order chi connectivity index (χ1) is 8.11. The Morgan fingerprint density at radius 1 is 1.47 bits per heavy atom. The predicted octanol–water partition coefficient (Wildman–Crippen LogP) is 1.14. The molecule has 0 aliphatic heterocycles. The van der Waals surface area contributed by atoms with Crippen LogP contribution in [0, 0.1) is 0 Å². The van der Waals surface area contributed by atoms with E-state index in [1.807, 2.05) is 6.92 Å². The molecule has 17 heavy (non-hydrogen) atoms. The van der Waals surface area contributed by atoms with Crippen LogP contribution < -0.4 is 16.4 Å². The maximum atomic E-state index is 11.6. The van der Waals surface area contributed by atoms with Crippen LogP contribution in [0.3, 0.4) is 0 Å². The first kappa shape index (κ1) is 13.6. The highest BCUT2D eigenvalue weighted by atomic mass is 16.4. The van der Waals surface area contributed by atoms with Gasteiger partial charge in [0.1, 0.15) is 5.84 Å². The van der Waals surface area contributed by atoms with E-state index in [0.717, 1.165) is 12.8 Å². The van der Waals surface area contributed by atoms with Gasteiger partial charge in [-0.15, -0.1) is 0 Å². The Kier molecular flexibility index (Phi) is 5.59. The van der Waals surface area contributed by atoms with Gasteiger partial charge < -0.3 is 21.6 Å². The van der Waals surface area contributed by atoms with Crippen LogP contribution >= 0.6 is 0 Å². The van der Waals surface area contributed by atoms with Gasteiger partial charge in [-0.1, -0.05) is 24.4 Å². The molecular formula is C11H22N4O2. The predicted molar refractivity (Wildman–Crippen MR) is 66.0 cm³/mol. The highest BCUT2D eigenvalue weighted by Crippen LogP contribution is 2.17. The summed E-state index contributed by atoms with van der Waals surface area (Å²) in [7, 11) is 0. The normalized spacial score (nSPS) is 19.7. The minimum atomic E-state index is -0.171. The van der Waals surface area contributed by atoms with Crippen LogP contribution in [0.15, 0.2) is 5.16 Å². The fourth-order valence-corrected chi connectivity index (χ4v) is 2.10. The van der Waals surface area contributed by atoms with Crippen LogP contribution in [0.5, 0.6) is 0 Å². The zero-order valence-electron chi connectivity index (χ0n) is 10.3. The minimum absolute atomic E-state index is 0.121. The van der Waals surface area contributed by atoms with Crippen LogP contribution in [0.2, 0.25) is 0 Å². The molecule has 1 unspecified atom stereocenters. The fourth-order valence-electron chi connectivity index (χ4n) is 2.10. The van der Waals surface area contributed by atoms with Gasteiger partial charge in [-0.25, -0.2) is 4.79 Å². The molecule has 0 aromatic rings. The molecule has 1 aliphatic carbocycles. The van der Waals surface area contributed by atoms with Crippen molar-refractivity contribution in [3.8, 4) is 0 Å². The zero-order valence-corrected chi connectivity index (χ0v) is 10.3. The Labute approximate surface area is 102 Å². The number of oxime groups is 1. The van der Waals surface area contributed by atoms with E-state index < -0.39 is 0 Å². The van der Waals surface area contributed by atoms with Crippen LogP contribution in [0.4, 0.5) is 4.79 Å². The topological polar surface area (TPSA) is 99.7 Å². The van der Waals surface area contributed by atoms with Gasteiger partial charge in [0.05, 0.1) is 0 Å². The Hall–Kier alpha value is -1.46. The van der Waals surface area contributed by atoms with Crippen LogP contribution in [-0.4, -0.2) is 29.2 Å². The minimum Gasteiger partial charge on any atom is -0.409 e. The summed E-state index contributed by atoms with van der Waals surface area (Å²) in [5.74, 6) is 0.121. The van der Waals surface area contributed by atoms with Crippen molar-refractivity contribution in [3.63, 3.8) is 0 Å². The number of carbonyl (C=O) groups excluding carboxylic acids is 1. The Morgan fingerprint density at radius 3 is 2.71 bits per heavy atom. The number of urea groups is 1. The third kappa shape index (κ3) is 5.42. The van der Waals surface area contributed by atoms with Crippen molar-refractivity contribution in [1.29, 1.82) is 0 Å². The zero-order chi connectivity index (χ0) is 12.7. The molecule has 0 saturated heterocycles. The number of amides is 2. The molecule has 1 fully saturated rings. The maximum absolute atomic E-state index is 11.6. The second-order valence-corrected chi connectivity index (χ2v) is 4.65. The summed E-state index contributed by atoms with van der Waals surface area (Å²) in [4.78, 5) is 11.6. The molecule has 0 aromatic carbocycles. The number of rotatable bonds is 4. The van der Waals surface area contributed by atoms with E-state index in [0.29, 0.717) is 12.5 Å². The molecule has 1 aliphatic rings. The van der Waals surface area contributed by atoms with Gasteiger partial charge in [0.25, 0.3) is 0 Å². The second kappa shape index (κ2) is 6.98. The van der Waals surface area contributed by atoms with E-state index >= 15 is 0 Å². The summed E-state index contributed by atoms with van der Waals surface area (Å²) in [6.45, 7) is 1.82. The van der Waals surface area contributed by atoms with Crippen molar-refractivity contribution < 1.29 is 10.0 Å². The monoisotopic (exact) mass is 242 g/mol. The molecular weight excluding hydrogens is 220 g/mol. The summed E-state index contributed by atoms with van der Waals surface area (Å²) in [5, 5.41) is 17.0. The number of carbonyl (C=O) groups is 1. The van der Waals surface area contributed by atoms with Gasteiger partial charge in [0.2, 0.25) is 0 Å². The number of nitrogens with one attached hydrogen (secondary N) is 2. The molecule has 0 aromatic heterocycles. The van der Waals surface area contributed by atoms with Crippen LogP contribution in [0.25, 0.3) is 0 Å². The van der Waals surface area contributed by atoms with Crippen molar-refractivity contribution in [2.24, 2.45) is 10.9 Å². The lowest BCUT2D eigenvalue weighted by molar-refractivity contribution is 0.229.